The van der Waals surface area contributed by atoms with Crippen molar-refractivity contribution >= 4 is 17.6 Å². The highest BCUT2D eigenvalue weighted by Crippen LogP contribution is 2.32. The van der Waals surface area contributed by atoms with Crippen LogP contribution in [0.3, 0.4) is 0 Å². The van der Waals surface area contributed by atoms with Gasteiger partial charge in [0.1, 0.15) is 11.6 Å². The highest BCUT2D eigenvalue weighted by Gasteiger charge is 2.30. The monoisotopic (exact) mass is 399 g/mol. The van der Waals surface area contributed by atoms with Crippen LogP contribution in [0.1, 0.15) is 74.9 Å². The molecule has 158 valence electrons. The maximum atomic E-state index is 12.6. The van der Waals surface area contributed by atoms with Gasteiger partial charge in [-0.15, -0.1) is 0 Å². The summed E-state index contributed by atoms with van der Waals surface area (Å²) in [6.07, 6.45) is 8.34. The Balaban J connectivity index is 1.42. The highest BCUT2D eigenvalue weighted by molar-refractivity contribution is 5.76. The molecule has 29 heavy (non-hydrogen) atoms. The van der Waals surface area contributed by atoms with Gasteiger partial charge in [-0.2, -0.15) is 0 Å². The molecule has 0 bridgehead atoms. The van der Waals surface area contributed by atoms with Crippen molar-refractivity contribution in [3.8, 4) is 0 Å². The second kappa shape index (κ2) is 8.67. The number of likely N-dealkylation sites (tertiary alicyclic amines) is 1. The molecule has 1 aromatic heterocycles. The van der Waals surface area contributed by atoms with E-state index < -0.39 is 0 Å². The van der Waals surface area contributed by atoms with Gasteiger partial charge in [0, 0.05) is 51.5 Å². The summed E-state index contributed by atoms with van der Waals surface area (Å²) in [5.74, 6) is 3.06. The van der Waals surface area contributed by atoms with E-state index in [-0.39, 0.29) is 11.8 Å². The van der Waals surface area contributed by atoms with Gasteiger partial charge in [-0.3, -0.25) is 9.59 Å². The third kappa shape index (κ3) is 4.38. The summed E-state index contributed by atoms with van der Waals surface area (Å²) in [7, 11) is 1.90. The fourth-order valence-corrected chi connectivity index (χ4v) is 5.09. The van der Waals surface area contributed by atoms with Gasteiger partial charge in [0.05, 0.1) is 12.2 Å². The van der Waals surface area contributed by atoms with Crippen LogP contribution in [0.4, 0.5) is 5.82 Å². The van der Waals surface area contributed by atoms with E-state index in [1.165, 1.54) is 25.7 Å². The van der Waals surface area contributed by atoms with Crippen LogP contribution >= 0.6 is 0 Å². The summed E-state index contributed by atoms with van der Waals surface area (Å²) in [4.78, 5) is 38.0. The first-order valence-electron chi connectivity index (χ1n) is 11.2. The quantitative estimate of drug-likeness (QED) is 0.842. The van der Waals surface area contributed by atoms with E-state index in [4.69, 9.17) is 9.97 Å². The fourth-order valence-electron chi connectivity index (χ4n) is 5.09. The summed E-state index contributed by atoms with van der Waals surface area (Å²) in [6, 6.07) is 0. The molecule has 3 heterocycles. The van der Waals surface area contributed by atoms with Gasteiger partial charge in [-0.05, 0) is 38.0 Å². The zero-order chi connectivity index (χ0) is 20.4. The molecule has 0 aromatic carbocycles. The molecule has 7 nitrogen and oxygen atoms in total. The molecule has 1 aromatic rings. The number of anilines is 1. The molecule has 0 spiro atoms. The smallest absolute Gasteiger partial charge is 0.222 e. The van der Waals surface area contributed by atoms with E-state index in [2.05, 4.69) is 5.32 Å². The predicted molar refractivity (Wildman–Crippen MR) is 112 cm³/mol. The molecule has 2 amide bonds. The van der Waals surface area contributed by atoms with Crippen molar-refractivity contribution in [1.82, 2.24) is 19.8 Å². The van der Waals surface area contributed by atoms with E-state index >= 15 is 0 Å². The van der Waals surface area contributed by atoms with Gasteiger partial charge in [0.25, 0.3) is 0 Å². The second-order valence-corrected chi connectivity index (χ2v) is 8.81. The van der Waals surface area contributed by atoms with E-state index in [1.807, 2.05) is 16.8 Å². The van der Waals surface area contributed by atoms with Crippen molar-refractivity contribution in [1.29, 1.82) is 0 Å². The lowest BCUT2D eigenvalue weighted by Gasteiger charge is -2.33. The number of carbonyl (C=O) groups excluding carboxylic acids is 2. The molecule has 7 heteroatoms. The van der Waals surface area contributed by atoms with Crippen LogP contribution in [0.5, 0.6) is 0 Å². The fraction of sp³-hybridized carbons (Fsp3) is 0.727. The Kier molecular flexibility index (Phi) is 6.01. The number of nitrogens with one attached hydrogen (secondary N) is 1. The first kappa shape index (κ1) is 20.1. The lowest BCUT2D eigenvalue weighted by atomic mass is 9.94. The number of hydrogen-bond acceptors (Lipinski definition) is 5. The Hall–Kier alpha value is -2.18. The number of fused-ring (bicyclic) bond motifs is 1. The Labute approximate surface area is 173 Å². The SMILES string of the molecule is CNc1nc(C2CCN(C(=O)CC3CCCC3)CC2)nc2c1CCN(C(C)=O)C2. The molecule has 1 aliphatic carbocycles. The first-order chi connectivity index (χ1) is 14.0. The van der Waals surface area contributed by atoms with Crippen molar-refractivity contribution in [2.75, 3.05) is 32.0 Å². The number of rotatable bonds is 4. The number of piperidine rings is 1. The molecule has 4 rings (SSSR count). The standard InChI is InChI=1S/C22H33N5O2/c1-15(28)27-12-9-18-19(14-27)24-21(25-22(18)23-2)17-7-10-26(11-8-17)20(29)13-16-5-3-4-6-16/h16-17H,3-14H2,1-2H3,(H,23,24,25). The van der Waals surface area contributed by atoms with Gasteiger partial charge < -0.3 is 15.1 Å². The summed E-state index contributed by atoms with van der Waals surface area (Å²) in [6.45, 7) is 4.50. The summed E-state index contributed by atoms with van der Waals surface area (Å²) in [5.41, 5.74) is 2.11. The van der Waals surface area contributed by atoms with Gasteiger partial charge in [-0.25, -0.2) is 9.97 Å². The van der Waals surface area contributed by atoms with Crippen LogP contribution in [-0.2, 0) is 22.6 Å². The van der Waals surface area contributed by atoms with Crippen LogP contribution < -0.4 is 5.32 Å². The van der Waals surface area contributed by atoms with E-state index in [0.717, 1.165) is 68.2 Å². The highest BCUT2D eigenvalue weighted by atomic mass is 16.2. The minimum atomic E-state index is 0.0934. The molecular weight excluding hydrogens is 366 g/mol. The molecule has 2 fully saturated rings. The zero-order valence-corrected chi connectivity index (χ0v) is 17.7. The van der Waals surface area contributed by atoms with Gasteiger partial charge in [0.15, 0.2) is 0 Å². The third-order valence-corrected chi connectivity index (χ3v) is 6.92. The third-order valence-electron chi connectivity index (χ3n) is 6.92. The number of nitrogens with zero attached hydrogens (tertiary/aromatic N) is 4. The molecule has 1 saturated heterocycles. The lowest BCUT2D eigenvalue weighted by molar-refractivity contribution is -0.133. The van der Waals surface area contributed by atoms with Crippen LogP contribution in [-0.4, -0.2) is 58.3 Å². The Bertz CT molecular complexity index is 767. The van der Waals surface area contributed by atoms with Crippen LogP contribution in [0, 0.1) is 5.92 Å². The van der Waals surface area contributed by atoms with Crippen molar-refractivity contribution < 1.29 is 9.59 Å². The van der Waals surface area contributed by atoms with Crippen LogP contribution in [0.25, 0.3) is 0 Å². The Morgan fingerprint density at radius 2 is 1.76 bits per heavy atom. The number of aromatic nitrogens is 2. The molecule has 3 aliphatic rings. The predicted octanol–water partition coefficient (Wildman–Crippen LogP) is 2.71. The van der Waals surface area contributed by atoms with Crippen molar-refractivity contribution in [3.05, 3.63) is 17.1 Å². The minimum Gasteiger partial charge on any atom is -0.373 e. The summed E-state index contributed by atoms with van der Waals surface area (Å²) >= 11 is 0. The van der Waals surface area contributed by atoms with E-state index in [9.17, 15) is 9.59 Å². The summed E-state index contributed by atoms with van der Waals surface area (Å²) < 4.78 is 0. The normalized spacial score (nSPS) is 20.6. The maximum Gasteiger partial charge on any atom is 0.222 e. The zero-order valence-electron chi connectivity index (χ0n) is 17.7. The lowest BCUT2D eigenvalue weighted by Crippen LogP contribution is -2.39. The minimum absolute atomic E-state index is 0.0934. The molecule has 0 unspecified atom stereocenters. The van der Waals surface area contributed by atoms with Gasteiger partial charge >= 0.3 is 0 Å². The van der Waals surface area contributed by atoms with E-state index in [0.29, 0.717) is 18.4 Å². The maximum absolute atomic E-state index is 12.6. The summed E-state index contributed by atoms with van der Waals surface area (Å²) in [5, 5.41) is 3.23. The molecule has 2 aliphatic heterocycles. The number of hydrogen-bond donors (Lipinski definition) is 1. The largest absolute Gasteiger partial charge is 0.373 e. The molecular formula is C22H33N5O2. The number of amides is 2. The topological polar surface area (TPSA) is 78.4 Å². The first-order valence-corrected chi connectivity index (χ1v) is 11.2. The number of carbonyl (C=O) groups is 2. The average Bonchev–Trinajstić information content (AvgIpc) is 3.25. The molecule has 0 atom stereocenters. The van der Waals surface area contributed by atoms with Crippen LogP contribution in [0.15, 0.2) is 0 Å². The Morgan fingerprint density at radius 3 is 2.41 bits per heavy atom. The molecule has 1 N–H and O–H groups in total. The van der Waals surface area contributed by atoms with Crippen LogP contribution in [0.2, 0.25) is 0 Å². The van der Waals surface area contributed by atoms with Crippen molar-refractivity contribution in [2.24, 2.45) is 5.92 Å². The second-order valence-electron chi connectivity index (χ2n) is 8.81. The molecule has 0 radical (unpaired) electrons. The van der Waals surface area contributed by atoms with Crippen molar-refractivity contribution in [2.45, 2.75) is 70.8 Å². The average molecular weight is 400 g/mol. The Morgan fingerprint density at radius 1 is 1.03 bits per heavy atom. The molecule has 1 saturated carbocycles. The van der Waals surface area contributed by atoms with Gasteiger partial charge in [0.2, 0.25) is 11.8 Å². The van der Waals surface area contributed by atoms with Gasteiger partial charge in [-0.1, -0.05) is 12.8 Å². The van der Waals surface area contributed by atoms with E-state index in [1.54, 1.807) is 6.92 Å². The van der Waals surface area contributed by atoms with Crippen molar-refractivity contribution in [3.63, 3.8) is 0 Å².